The van der Waals surface area contributed by atoms with Crippen molar-refractivity contribution in [2.24, 2.45) is 5.41 Å². The first-order chi connectivity index (χ1) is 20.9. The number of piperazine rings is 1. The summed E-state index contributed by atoms with van der Waals surface area (Å²) < 4.78 is 43.4. The lowest BCUT2D eigenvalue weighted by atomic mass is 10.0. The number of ether oxygens (including phenoxy) is 2. The van der Waals surface area contributed by atoms with Gasteiger partial charge in [-0.05, 0) is 43.9 Å². The first-order valence-electron chi connectivity index (χ1n) is 14.8. The van der Waals surface area contributed by atoms with E-state index in [0.29, 0.717) is 35.5 Å². The fraction of sp³-hybridized carbons (Fsp3) is 0.500. The Balaban J connectivity index is 1.21. The van der Waals surface area contributed by atoms with E-state index in [2.05, 4.69) is 25.1 Å². The molecule has 8 rings (SSSR count). The number of hydrogen-bond donors (Lipinski definition) is 2. The maximum Gasteiger partial charge on any atom is 0.319 e. The zero-order valence-corrected chi connectivity index (χ0v) is 25.1. The van der Waals surface area contributed by atoms with Crippen molar-refractivity contribution >= 4 is 55.0 Å². The van der Waals surface area contributed by atoms with Crippen LogP contribution in [0.2, 0.25) is 5.02 Å². The van der Waals surface area contributed by atoms with Crippen molar-refractivity contribution in [2.45, 2.75) is 37.8 Å². The van der Waals surface area contributed by atoms with Crippen LogP contribution in [0.1, 0.15) is 25.7 Å². The van der Waals surface area contributed by atoms with Gasteiger partial charge in [-0.2, -0.15) is 9.97 Å². The minimum Gasteiger partial charge on any atom is -0.463 e. The number of aromatic nitrogens is 3. The van der Waals surface area contributed by atoms with Gasteiger partial charge < -0.3 is 25.4 Å². The number of hydrogen-bond acceptors (Lipinski definition) is 10. The van der Waals surface area contributed by atoms with Crippen LogP contribution in [0.25, 0.3) is 32.2 Å². The van der Waals surface area contributed by atoms with E-state index in [1.54, 1.807) is 6.07 Å². The van der Waals surface area contributed by atoms with Gasteiger partial charge in [0.1, 0.15) is 17.2 Å². The molecule has 43 heavy (non-hydrogen) atoms. The van der Waals surface area contributed by atoms with Crippen LogP contribution in [0.3, 0.4) is 0 Å². The number of halogens is 3. The van der Waals surface area contributed by atoms with E-state index < -0.39 is 11.6 Å². The summed E-state index contributed by atoms with van der Waals surface area (Å²) in [7, 11) is 0. The zero-order chi connectivity index (χ0) is 29.3. The summed E-state index contributed by atoms with van der Waals surface area (Å²) in [6, 6.07) is 5.33. The van der Waals surface area contributed by atoms with E-state index in [-0.39, 0.29) is 42.9 Å². The van der Waals surface area contributed by atoms with E-state index in [4.69, 9.17) is 31.8 Å². The molecular weight excluding hydrogens is 596 g/mol. The number of morpholine rings is 1. The van der Waals surface area contributed by atoms with Crippen molar-refractivity contribution in [3.8, 4) is 17.1 Å². The Morgan fingerprint density at radius 1 is 1.09 bits per heavy atom. The Morgan fingerprint density at radius 2 is 1.86 bits per heavy atom. The van der Waals surface area contributed by atoms with Crippen molar-refractivity contribution in [2.75, 3.05) is 63.2 Å². The molecule has 0 amide bonds. The molecule has 2 aromatic heterocycles. The Kier molecular flexibility index (Phi) is 6.83. The van der Waals surface area contributed by atoms with E-state index in [1.165, 1.54) is 12.1 Å². The molecule has 5 heterocycles. The smallest absolute Gasteiger partial charge is 0.319 e. The van der Waals surface area contributed by atoms with Gasteiger partial charge in [0.25, 0.3) is 0 Å². The van der Waals surface area contributed by atoms with Crippen LogP contribution in [0, 0.1) is 17.0 Å². The molecule has 3 saturated heterocycles. The van der Waals surface area contributed by atoms with Crippen LogP contribution in [-0.4, -0.2) is 84.5 Å². The SMILES string of the molecule is Nc1nc2c(-c3c(Cl)cc4c(N5CC6CCC(C5)N6)nc(OCC5(CN6CCOCC6)CC5)nc4c3F)ccc(F)c2s1. The molecule has 0 radical (unpaired) electrons. The van der Waals surface area contributed by atoms with Gasteiger partial charge in [-0.3, -0.25) is 4.90 Å². The molecule has 2 aromatic carbocycles. The minimum atomic E-state index is -0.622. The Morgan fingerprint density at radius 3 is 2.60 bits per heavy atom. The Hall–Kier alpha value is -2.90. The van der Waals surface area contributed by atoms with Crippen LogP contribution < -0.4 is 20.7 Å². The molecule has 1 aliphatic carbocycles. The lowest BCUT2D eigenvalue weighted by molar-refractivity contribution is 0.0231. The number of benzene rings is 2. The van der Waals surface area contributed by atoms with Gasteiger partial charge >= 0.3 is 6.01 Å². The van der Waals surface area contributed by atoms with Crippen molar-refractivity contribution < 1.29 is 18.3 Å². The second-order valence-corrected chi connectivity index (χ2v) is 13.8. The number of anilines is 2. The zero-order valence-electron chi connectivity index (χ0n) is 23.5. The topological polar surface area (TPSA) is 102 Å². The van der Waals surface area contributed by atoms with Crippen LogP contribution >= 0.6 is 22.9 Å². The Bertz CT molecular complexity index is 1720. The van der Waals surface area contributed by atoms with Crippen molar-refractivity contribution in [3.63, 3.8) is 0 Å². The predicted molar refractivity (Wildman–Crippen MR) is 164 cm³/mol. The highest BCUT2D eigenvalue weighted by atomic mass is 35.5. The number of nitrogens with zero attached hydrogens (tertiary/aromatic N) is 5. The first kappa shape index (κ1) is 27.6. The fourth-order valence-electron chi connectivity index (χ4n) is 6.85. The number of nitrogen functional groups attached to an aromatic ring is 1. The molecule has 2 unspecified atom stereocenters. The first-order valence-corrected chi connectivity index (χ1v) is 16.0. The molecule has 4 fully saturated rings. The average Bonchev–Trinajstić information content (AvgIpc) is 3.51. The summed E-state index contributed by atoms with van der Waals surface area (Å²) >= 11 is 7.83. The van der Waals surface area contributed by atoms with Crippen molar-refractivity contribution in [3.05, 3.63) is 34.9 Å². The van der Waals surface area contributed by atoms with Gasteiger partial charge in [-0.1, -0.05) is 22.9 Å². The lowest BCUT2D eigenvalue weighted by Gasteiger charge is -2.34. The quantitative estimate of drug-likeness (QED) is 0.298. The minimum absolute atomic E-state index is 0.0396. The molecule has 226 valence electrons. The summed E-state index contributed by atoms with van der Waals surface area (Å²) in [4.78, 5) is 18.4. The van der Waals surface area contributed by atoms with E-state index in [0.717, 1.165) is 83.0 Å². The van der Waals surface area contributed by atoms with E-state index in [1.807, 2.05) is 0 Å². The monoisotopic (exact) mass is 627 g/mol. The highest BCUT2D eigenvalue weighted by Crippen LogP contribution is 2.47. The molecular formula is C30H32ClF2N7O2S. The van der Waals surface area contributed by atoms with Crippen LogP contribution in [-0.2, 0) is 4.74 Å². The van der Waals surface area contributed by atoms with Gasteiger partial charge in [0.05, 0.1) is 35.1 Å². The molecule has 2 bridgehead atoms. The maximum atomic E-state index is 16.7. The predicted octanol–water partition coefficient (Wildman–Crippen LogP) is 4.85. The van der Waals surface area contributed by atoms with Crippen LogP contribution in [0.15, 0.2) is 18.2 Å². The lowest BCUT2D eigenvalue weighted by Crippen LogP contribution is -2.51. The second kappa shape index (κ2) is 10.6. The molecule has 0 spiro atoms. The molecule has 4 aliphatic rings. The molecule has 9 nitrogen and oxygen atoms in total. The van der Waals surface area contributed by atoms with Gasteiger partial charge in [-0.25, -0.2) is 13.8 Å². The number of rotatable bonds is 7. The highest BCUT2D eigenvalue weighted by molar-refractivity contribution is 7.22. The molecule has 1 saturated carbocycles. The summed E-state index contributed by atoms with van der Waals surface area (Å²) in [5, 5.41) is 4.53. The third kappa shape index (κ3) is 5.06. The van der Waals surface area contributed by atoms with Gasteiger partial charge in [0.15, 0.2) is 10.9 Å². The largest absolute Gasteiger partial charge is 0.463 e. The van der Waals surface area contributed by atoms with E-state index in [9.17, 15) is 4.39 Å². The summed E-state index contributed by atoms with van der Waals surface area (Å²) in [5.41, 5.74) is 6.80. The number of fused-ring (bicyclic) bond motifs is 4. The summed E-state index contributed by atoms with van der Waals surface area (Å²) in [6.07, 6.45) is 4.32. The molecule has 13 heteroatoms. The van der Waals surface area contributed by atoms with Crippen molar-refractivity contribution in [1.82, 2.24) is 25.2 Å². The summed E-state index contributed by atoms with van der Waals surface area (Å²) in [5.74, 6) is -0.473. The third-order valence-electron chi connectivity index (χ3n) is 9.27. The van der Waals surface area contributed by atoms with E-state index >= 15 is 4.39 Å². The number of nitrogens with two attached hydrogens (primary N) is 1. The Labute approximate surface area is 256 Å². The van der Waals surface area contributed by atoms with Crippen LogP contribution in [0.4, 0.5) is 19.7 Å². The number of nitrogens with one attached hydrogen (secondary N) is 1. The summed E-state index contributed by atoms with van der Waals surface area (Å²) in [6.45, 7) is 6.22. The third-order valence-corrected chi connectivity index (χ3v) is 10.5. The van der Waals surface area contributed by atoms with Crippen LogP contribution in [0.5, 0.6) is 6.01 Å². The molecule has 2 atom stereocenters. The molecule has 3 aliphatic heterocycles. The average molecular weight is 628 g/mol. The highest BCUT2D eigenvalue weighted by Gasteiger charge is 2.45. The van der Waals surface area contributed by atoms with Crippen molar-refractivity contribution in [1.29, 1.82) is 0 Å². The van der Waals surface area contributed by atoms with Gasteiger partial charge in [-0.15, -0.1) is 0 Å². The normalized spacial score (nSPS) is 23.4. The molecule has 4 aromatic rings. The molecule has 3 N–H and O–H groups in total. The fourth-order valence-corrected chi connectivity index (χ4v) is 7.91. The maximum absolute atomic E-state index is 16.7. The standard InChI is InChI=1S/C30H32ClF2N7O2S/c31-20-11-19-24(23(33)22(20)18-3-4-21(32)26-25(18)36-28(34)43-26)37-29(38-27(19)40-12-16-1-2-17(13-40)35-16)42-15-30(5-6-30)14-39-7-9-41-10-8-39/h3-4,11,16-17,35H,1-2,5-10,12-15H2,(H2,34,36). The van der Waals surface area contributed by atoms with Gasteiger partial charge in [0.2, 0.25) is 0 Å². The second-order valence-electron chi connectivity index (χ2n) is 12.3. The van der Waals surface area contributed by atoms with Gasteiger partial charge in [0, 0.05) is 66.7 Å². The number of thiazole rings is 1.